The Balaban J connectivity index is 3.32. The van der Waals surface area contributed by atoms with Gasteiger partial charge in [0.25, 0.3) is 0 Å². The zero-order chi connectivity index (χ0) is 26.5. The van der Waals surface area contributed by atoms with E-state index in [1.54, 1.807) is 0 Å². The van der Waals surface area contributed by atoms with Crippen molar-refractivity contribution in [2.45, 2.75) is 200 Å². The molecule has 0 amide bonds. The normalized spacial score (nSPS) is 12.2. The van der Waals surface area contributed by atoms with Crippen molar-refractivity contribution in [3.8, 4) is 0 Å². The van der Waals surface area contributed by atoms with Crippen LogP contribution in [0.5, 0.6) is 0 Å². The summed E-state index contributed by atoms with van der Waals surface area (Å²) in [7, 11) is 0. The molecule has 3 nitrogen and oxygen atoms in total. The van der Waals surface area contributed by atoms with Gasteiger partial charge in [-0.3, -0.25) is 9.59 Å². The Morgan fingerprint density at radius 2 is 0.750 bits per heavy atom. The highest BCUT2D eigenvalue weighted by atomic mass is 16.3. The second kappa shape index (κ2) is 28.9. The summed E-state index contributed by atoms with van der Waals surface area (Å²) in [6.45, 7) is 4.43. The van der Waals surface area contributed by atoms with Crippen LogP contribution in [0.1, 0.15) is 194 Å². The van der Waals surface area contributed by atoms with Crippen molar-refractivity contribution in [3.05, 3.63) is 0 Å². The van der Waals surface area contributed by atoms with Crippen LogP contribution in [0.4, 0.5) is 0 Å². The van der Waals surface area contributed by atoms with Gasteiger partial charge in [0, 0.05) is 12.8 Å². The molecule has 0 fully saturated rings. The van der Waals surface area contributed by atoms with E-state index in [1.165, 1.54) is 96.3 Å². The van der Waals surface area contributed by atoms with Gasteiger partial charge < -0.3 is 5.11 Å². The first-order chi connectivity index (χ1) is 17.6. The lowest BCUT2D eigenvalue weighted by atomic mass is 10.0. The molecule has 0 aliphatic carbocycles. The monoisotopic (exact) mass is 508 g/mol. The first-order valence-corrected chi connectivity index (χ1v) is 16.3. The molecule has 0 radical (unpaired) electrons. The maximum atomic E-state index is 12.1. The van der Waals surface area contributed by atoms with Crippen LogP contribution in [0, 0.1) is 0 Å². The topological polar surface area (TPSA) is 54.4 Å². The molecule has 0 bridgehead atoms. The summed E-state index contributed by atoms with van der Waals surface area (Å²) in [6, 6.07) is 0. The molecule has 3 heteroatoms. The smallest absolute Gasteiger partial charge is 0.140 e. The molecule has 1 N–H and O–H groups in total. The number of carbonyl (C=O) groups excluding carboxylic acids is 2. The number of carbonyl (C=O) groups is 2. The van der Waals surface area contributed by atoms with Crippen molar-refractivity contribution in [1.82, 2.24) is 0 Å². The van der Waals surface area contributed by atoms with Gasteiger partial charge in [-0.05, 0) is 25.7 Å². The molecular weight excluding hydrogens is 444 g/mol. The largest absolute Gasteiger partial charge is 0.393 e. The highest BCUT2D eigenvalue weighted by Crippen LogP contribution is 2.15. The van der Waals surface area contributed by atoms with E-state index >= 15 is 0 Å². The number of Topliss-reactive ketones (excluding diaryl/α,β-unsaturated/α-hetero) is 2. The van der Waals surface area contributed by atoms with Crippen molar-refractivity contribution in [2.24, 2.45) is 0 Å². The minimum Gasteiger partial charge on any atom is -0.393 e. The van der Waals surface area contributed by atoms with E-state index in [9.17, 15) is 14.7 Å². The highest BCUT2D eigenvalue weighted by Gasteiger charge is 2.09. The van der Waals surface area contributed by atoms with Crippen LogP contribution in [-0.4, -0.2) is 22.8 Å². The lowest BCUT2D eigenvalue weighted by Crippen LogP contribution is -2.08. The van der Waals surface area contributed by atoms with Crippen LogP contribution in [-0.2, 0) is 9.59 Å². The Morgan fingerprint density at radius 1 is 0.444 bits per heavy atom. The van der Waals surface area contributed by atoms with Crippen LogP contribution in [0.15, 0.2) is 0 Å². The number of hydrogen-bond acceptors (Lipinski definition) is 3. The number of hydrogen-bond donors (Lipinski definition) is 1. The Labute approximate surface area is 226 Å². The van der Waals surface area contributed by atoms with Crippen LogP contribution in [0.2, 0.25) is 0 Å². The molecule has 1 atom stereocenters. The Kier molecular flexibility index (Phi) is 28.3. The minimum atomic E-state index is -0.154. The van der Waals surface area contributed by atoms with Gasteiger partial charge in [-0.25, -0.2) is 0 Å². The summed E-state index contributed by atoms with van der Waals surface area (Å²) in [5.74, 6) is 0.259. The molecule has 214 valence electrons. The van der Waals surface area contributed by atoms with Crippen LogP contribution in [0.25, 0.3) is 0 Å². The van der Waals surface area contributed by atoms with Crippen LogP contribution >= 0.6 is 0 Å². The third kappa shape index (κ3) is 27.9. The summed E-state index contributed by atoms with van der Waals surface area (Å²) < 4.78 is 0. The Bertz CT molecular complexity index is 474. The zero-order valence-electron chi connectivity index (χ0n) is 24.6. The Morgan fingerprint density at radius 3 is 1.14 bits per heavy atom. The SMILES string of the molecule is CCCCCCCCCCCCCCCCCCCC(=O)CC(=O)CCCCCC[C@H](O)CCCC. The quantitative estimate of drug-likeness (QED) is 0.0775. The molecule has 0 heterocycles. The number of unbranched alkanes of at least 4 members (excludes halogenated alkanes) is 20. The molecular formula is C33H64O3. The predicted octanol–water partition coefficient (Wildman–Crippen LogP) is 10.4. The zero-order valence-corrected chi connectivity index (χ0v) is 24.6. The summed E-state index contributed by atoms with van der Waals surface area (Å²) in [5, 5.41) is 9.85. The fraction of sp³-hybridized carbons (Fsp3) is 0.939. The Hall–Kier alpha value is -0.700. The molecule has 0 aromatic rings. The number of aliphatic hydroxyl groups excluding tert-OH is 1. The number of aliphatic hydroxyl groups is 1. The van der Waals surface area contributed by atoms with Crippen molar-refractivity contribution in [3.63, 3.8) is 0 Å². The maximum Gasteiger partial charge on any atom is 0.140 e. The highest BCUT2D eigenvalue weighted by molar-refractivity contribution is 5.98. The fourth-order valence-corrected chi connectivity index (χ4v) is 5.08. The van der Waals surface area contributed by atoms with E-state index < -0.39 is 0 Å². The molecule has 0 unspecified atom stereocenters. The standard InChI is InChI=1S/C33H64O3/c1-3-5-7-8-9-10-11-12-13-14-15-16-17-18-19-20-24-28-32(35)30-33(36)29-25-22-21-23-27-31(34)26-6-4-2/h31,34H,3-30H2,1-2H3/t31-/m1/s1. The van der Waals surface area contributed by atoms with E-state index in [0.717, 1.165) is 64.2 Å². The lowest BCUT2D eigenvalue weighted by molar-refractivity contribution is -0.127. The van der Waals surface area contributed by atoms with E-state index in [2.05, 4.69) is 13.8 Å². The lowest BCUT2D eigenvalue weighted by Gasteiger charge is -2.09. The summed E-state index contributed by atoms with van der Waals surface area (Å²) in [6.07, 6.45) is 32.0. The molecule has 0 rings (SSSR count). The van der Waals surface area contributed by atoms with Gasteiger partial charge in [0.05, 0.1) is 12.5 Å². The summed E-state index contributed by atoms with van der Waals surface area (Å²) in [5.41, 5.74) is 0. The second-order valence-corrected chi connectivity index (χ2v) is 11.4. The van der Waals surface area contributed by atoms with E-state index in [4.69, 9.17) is 0 Å². The third-order valence-electron chi connectivity index (χ3n) is 7.59. The van der Waals surface area contributed by atoms with Crippen molar-refractivity contribution in [2.75, 3.05) is 0 Å². The summed E-state index contributed by atoms with van der Waals surface area (Å²) in [4.78, 5) is 24.1. The molecule has 0 aromatic carbocycles. The minimum absolute atomic E-state index is 0.120. The third-order valence-corrected chi connectivity index (χ3v) is 7.59. The van der Waals surface area contributed by atoms with Crippen molar-refractivity contribution in [1.29, 1.82) is 0 Å². The van der Waals surface area contributed by atoms with Crippen LogP contribution in [0.3, 0.4) is 0 Å². The molecule has 0 aliphatic heterocycles. The van der Waals surface area contributed by atoms with Crippen molar-refractivity contribution < 1.29 is 14.7 Å². The van der Waals surface area contributed by atoms with Gasteiger partial charge in [0.15, 0.2) is 0 Å². The predicted molar refractivity (Wildman–Crippen MR) is 157 cm³/mol. The van der Waals surface area contributed by atoms with E-state index in [1.807, 2.05) is 0 Å². The number of ketones is 2. The van der Waals surface area contributed by atoms with Gasteiger partial charge >= 0.3 is 0 Å². The molecule has 0 aliphatic rings. The van der Waals surface area contributed by atoms with E-state index in [0.29, 0.717) is 12.8 Å². The first-order valence-electron chi connectivity index (χ1n) is 16.3. The van der Waals surface area contributed by atoms with Crippen molar-refractivity contribution >= 4 is 11.6 Å². The molecule has 36 heavy (non-hydrogen) atoms. The van der Waals surface area contributed by atoms with Gasteiger partial charge in [-0.2, -0.15) is 0 Å². The van der Waals surface area contributed by atoms with Gasteiger partial charge in [0.1, 0.15) is 11.6 Å². The average Bonchev–Trinajstić information content (AvgIpc) is 2.86. The van der Waals surface area contributed by atoms with Gasteiger partial charge in [-0.15, -0.1) is 0 Å². The van der Waals surface area contributed by atoms with Gasteiger partial charge in [0.2, 0.25) is 0 Å². The maximum absolute atomic E-state index is 12.1. The van der Waals surface area contributed by atoms with Crippen LogP contribution < -0.4 is 0 Å². The molecule has 0 saturated carbocycles. The molecule has 0 saturated heterocycles. The number of rotatable bonds is 30. The van der Waals surface area contributed by atoms with Gasteiger partial charge in [-0.1, -0.05) is 149 Å². The molecule has 0 aromatic heterocycles. The van der Waals surface area contributed by atoms with E-state index in [-0.39, 0.29) is 24.1 Å². The summed E-state index contributed by atoms with van der Waals surface area (Å²) >= 11 is 0. The average molecular weight is 509 g/mol. The first kappa shape index (κ1) is 35.3. The molecule has 0 spiro atoms. The second-order valence-electron chi connectivity index (χ2n) is 11.4. The fourth-order valence-electron chi connectivity index (χ4n) is 5.08.